The van der Waals surface area contributed by atoms with Crippen LogP contribution in [-0.2, 0) is 30.0 Å². The molecule has 0 spiro atoms. The van der Waals surface area contributed by atoms with Crippen LogP contribution in [0.1, 0.15) is 102 Å². The van der Waals surface area contributed by atoms with Crippen LogP contribution >= 0.6 is 28.6 Å². The summed E-state index contributed by atoms with van der Waals surface area (Å²) in [5, 5.41) is 0. The molecule has 0 aliphatic rings. The molecule has 0 aliphatic carbocycles. The van der Waals surface area contributed by atoms with E-state index in [2.05, 4.69) is 6.92 Å². The number of benzene rings is 1. The lowest BCUT2D eigenvalue weighted by molar-refractivity contribution is -0.149. The summed E-state index contributed by atoms with van der Waals surface area (Å²) in [5.74, 6) is -0.267. The molecular weight excluding hydrogens is 494 g/mol. The van der Waals surface area contributed by atoms with E-state index in [1.165, 1.54) is 64.2 Å². The SMILES string of the molecule is CCCCCCCCCCCCCCCC(=O)OCC(COP(=O)(Cl)Cl)OCc1ccccc1. The van der Waals surface area contributed by atoms with Crippen molar-refractivity contribution in [2.75, 3.05) is 13.2 Å². The van der Waals surface area contributed by atoms with E-state index in [9.17, 15) is 9.36 Å². The van der Waals surface area contributed by atoms with E-state index in [-0.39, 0.29) is 19.2 Å². The third-order valence-corrected chi connectivity index (χ3v) is 6.69. The molecule has 1 aromatic carbocycles. The van der Waals surface area contributed by atoms with Gasteiger partial charge in [0.1, 0.15) is 12.7 Å². The van der Waals surface area contributed by atoms with Crippen molar-refractivity contribution in [1.29, 1.82) is 0 Å². The van der Waals surface area contributed by atoms with Gasteiger partial charge in [0.2, 0.25) is 0 Å². The molecule has 0 bridgehead atoms. The van der Waals surface area contributed by atoms with Crippen molar-refractivity contribution < 1.29 is 23.4 Å². The zero-order valence-corrected chi connectivity index (χ0v) is 23.1. The Morgan fingerprint density at radius 1 is 0.824 bits per heavy atom. The second kappa shape index (κ2) is 20.6. The van der Waals surface area contributed by atoms with Crippen molar-refractivity contribution >= 4 is 34.5 Å². The first kappa shape index (κ1) is 31.4. The lowest BCUT2D eigenvalue weighted by Crippen LogP contribution is -2.26. The van der Waals surface area contributed by atoms with Crippen molar-refractivity contribution in [2.24, 2.45) is 0 Å². The van der Waals surface area contributed by atoms with Crippen molar-refractivity contribution in [2.45, 2.75) is 110 Å². The molecule has 0 aliphatic heterocycles. The third-order valence-electron chi connectivity index (χ3n) is 5.65. The average Bonchev–Trinajstić information content (AvgIpc) is 2.81. The van der Waals surface area contributed by atoms with Gasteiger partial charge in [-0.1, -0.05) is 114 Å². The molecule has 1 atom stereocenters. The van der Waals surface area contributed by atoms with Crippen LogP contribution in [0.25, 0.3) is 0 Å². The Morgan fingerprint density at radius 2 is 1.35 bits per heavy atom. The summed E-state index contributed by atoms with van der Waals surface area (Å²) < 4.78 is 27.5. The summed E-state index contributed by atoms with van der Waals surface area (Å²) in [7, 11) is 0. The minimum atomic E-state index is -3.68. The highest BCUT2D eigenvalue weighted by Crippen LogP contribution is 2.57. The van der Waals surface area contributed by atoms with E-state index in [4.69, 9.17) is 36.5 Å². The summed E-state index contributed by atoms with van der Waals surface area (Å²) >= 11 is 10.9. The molecule has 0 radical (unpaired) electrons. The van der Waals surface area contributed by atoms with Crippen molar-refractivity contribution in [1.82, 2.24) is 0 Å². The number of carbonyl (C=O) groups excluding carboxylic acids is 1. The van der Waals surface area contributed by atoms with Crippen molar-refractivity contribution in [3.05, 3.63) is 35.9 Å². The number of unbranched alkanes of at least 4 members (excludes halogenated alkanes) is 12. The summed E-state index contributed by atoms with van der Waals surface area (Å²) in [6.45, 7) is 2.44. The first-order valence-corrected chi connectivity index (χ1v) is 16.3. The maximum atomic E-state index is 12.1. The smallest absolute Gasteiger partial charge is 0.380 e. The molecule has 0 fully saturated rings. The summed E-state index contributed by atoms with van der Waals surface area (Å²) in [4.78, 5) is 12.1. The number of hydrogen-bond acceptors (Lipinski definition) is 5. The van der Waals surface area contributed by atoms with Gasteiger partial charge in [-0.15, -0.1) is 0 Å². The van der Waals surface area contributed by atoms with Crippen molar-refractivity contribution in [3.63, 3.8) is 0 Å². The largest absolute Gasteiger partial charge is 0.463 e. The molecule has 1 aromatic rings. The van der Waals surface area contributed by atoms with Gasteiger partial charge in [-0.3, -0.25) is 9.36 Å². The average molecular weight is 538 g/mol. The predicted octanol–water partition coefficient (Wildman–Crippen LogP) is 9.20. The minimum Gasteiger partial charge on any atom is -0.463 e. The highest BCUT2D eigenvalue weighted by Gasteiger charge is 2.20. The number of ether oxygens (including phenoxy) is 2. The second-order valence-electron chi connectivity index (χ2n) is 8.80. The van der Waals surface area contributed by atoms with Gasteiger partial charge in [0.25, 0.3) is 0 Å². The fraction of sp³-hybridized carbons (Fsp3) is 0.731. The topological polar surface area (TPSA) is 61.8 Å². The fourth-order valence-corrected chi connectivity index (χ4v) is 4.33. The highest BCUT2D eigenvalue weighted by molar-refractivity contribution is 8.05. The molecule has 0 aromatic heterocycles. The standard InChI is InChI=1S/C26H43Cl2O5P/c1-2-3-4-5-6-7-8-9-10-11-12-13-17-20-26(29)32-22-25(23-33-34(27,28)30)31-21-24-18-15-14-16-19-24/h14-16,18-19,25H,2-13,17,20-23H2,1H3. The van der Waals surface area contributed by atoms with Crippen LogP contribution in [0.4, 0.5) is 0 Å². The molecule has 34 heavy (non-hydrogen) atoms. The second-order valence-corrected chi connectivity index (χ2v) is 13.1. The molecule has 0 heterocycles. The van der Waals surface area contributed by atoms with Crippen molar-refractivity contribution in [3.8, 4) is 0 Å². The molecule has 0 saturated carbocycles. The molecule has 0 N–H and O–H groups in total. The molecule has 1 rings (SSSR count). The third kappa shape index (κ3) is 19.7. The Balaban J connectivity index is 2.10. The lowest BCUT2D eigenvalue weighted by Gasteiger charge is -2.18. The quantitative estimate of drug-likeness (QED) is 0.0838. The van der Waals surface area contributed by atoms with E-state index < -0.39 is 12.2 Å². The Bertz CT molecular complexity index is 668. The molecule has 0 amide bonds. The Hall–Kier alpha value is -0.580. The Kier molecular flexibility index (Phi) is 19.1. The number of carbonyl (C=O) groups is 1. The van der Waals surface area contributed by atoms with Gasteiger partial charge in [-0.25, -0.2) is 0 Å². The summed E-state index contributed by atoms with van der Waals surface area (Å²) in [6, 6.07) is 9.58. The van der Waals surface area contributed by atoms with Crippen LogP contribution in [-0.4, -0.2) is 25.3 Å². The van der Waals surface area contributed by atoms with E-state index in [1.54, 1.807) is 0 Å². The van der Waals surface area contributed by atoms with Gasteiger partial charge in [0.05, 0.1) is 13.2 Å². The van der Waals surface area contributed by atoms with E-state index in [1.807, 2.05) is 30.3 Å². The lowest BCUT2D eigenvalue weighted by atomic mass is 10.0. The van der Waals surface area contributed by atoms with E-state index in [0.29, 0.717) is 13.0 Å². The van der Waals surface area contributed by atoms with E-state index >= 15 is 0 Å². The fourth-order valence-electron chi connectivity index (χ4n) is 3.65. The zero-order chi connectivity index (χ0) is 24.9. The molecule has 1 unspecified atom stereocenters. The Morgan fingerprint density at radius 3 is 1.88 bits per heavy atom. The number of rotatable bonds is 22. The van der Waals surface area contributed by atoms with Crippen LogP contribution in [0.3, 0.4) is 0 Å². The summed E-state index contributed by atoms with van der Waals surface area (Å²) in [5.41, 5.74) is 0.964. The van der Waals surface area contributed by atoms with Gasteiger partial charge in [-0.2, -0.15) is 0 Å². The Labute approximate surface area is 216 Å². The van der Waals surface area contributed by atoms with E-state index in [0.717, 1.165) is 24.8 Å². The maximum absolute atomic E-state index is 12.1. The summed E-state index contributed by atoms with van der Waals surface area (Å²) in [6.07, 6.45) is 12.5. The number of esters is 1. The van der Waals surface area contributed by atoms with Crippen LogP contribution in [0.15, 0.2) is 30.3 Å². The first-order valence-electron chi connectivity index (χ1n) is 12.9. The molecule has 196 valence electrons. The monoisotopic (exact) mass is 536 g/mol. The van der Waals surface area contributed by atoms with Crippen LogP contribution < -0.4 is 0 Å². The number of halogens is 2. The predicted molar refractivity (Wildman–Crippen MR) is 142 cm³/mol. The maximum Gasteiger partial charge on any atom is 0.380 e. The van der Waals surface area contributed by atoms with Gasteiger partial charge >= 0.3 is 12.0 Å². The van der Waals surface area contributed by atoms with Crippen LogP contribution in [0.5, 0.6) is 0 Å². The van der Waals surface area contributed by atoms with Gasteiger partial charge in [0, 0.05) is 6.42 Å². The molecule has 8 heteroatoms. The highest BCUT2D eigenvalue weighted by atomic mass is 35.9. The van der Waals surface area contributed by atoms with Gasteiger partial charge < -0.3 is 14.0 Å². The van der Waals surface area contributed by atoms with Gasteiger partial charge in [-0.05, 0) is 34.5 Å². The van der Waals surface area contributed by atoms with Crippen LogP contribution in [0, 0.1) is 0 Å². The minimum absolute atomic E-state index is 0.00209. The van der Waals surface area contributed by atoms with Crippen LogP contribution in [0.2, 0.25) is 0 Å². The number of hydrogen-bond donors (Lipinski definition) is 0. The first-order chi connectivity index (χ1) is 16.4. The molecule has 5 nitrogen and oxygen atoms in total. The zero-order valence-electron chi connectivity index (χ0n) is 20.7. The molecule has 0 saturated heterocycles. The molecular formula is C26H43Cl2O5P. The van der Waals surface area contributed by atoms with Gasteiger partial charge in [0.15, 0.2) is 0 Å². The normalized spacial score (nSPS) is 12.6.